The molecule has 7 N–H and O–H groups in total. The summed E-state index contributed by atoms with van der Waals surface area (Å²) in [4.78, 5) is 22.9. The number of ether oxygens (including phenoxy) is 1. The second-order valence-electron chi connectivity index (χ2n) is 6.51. The fourth-order valence-electron chi connectivity index (χ4n) is 3.34. The van der Waals surface area contributed by atoms with E-state index in [0.29, 0.717) is 5.56 Å². The largest absolute Gasteiger partial charge is 0.394 e. The van der Waals surface area contributed by atoms with Crippen LogP contribution < -0.4 is 11.3 Å². The van der Waals surface area contributed by atoms with Crippen molar-refractivity contribution in [3.05, 3.63) is 52.1 Å². The molecule has 1 aromatic carbocycles. The summed E-state index contributed by atoms with van der Waals surface area (Å²) in [5.41, 5.74) is 5.35. The number of benzene rings is 1. The number of rotatable bonds is 4. The number of nitrogen functional groups attached to an aromatic ring is 1. The van der Waals surface area contributed by atoms with Crippen LogP contribution in [0.1, 0.15) is 23.7 Å². The van der Waals surface area contributed by atoms with E-state index in [4.69, 9.17) is 10.5 Å². The first-order valence-electron chi connectivity index (χ1n) is 8.55. The molecule has 148 valence electrons. The molecule has 0 bridgehead atoms. The number of nitrogens with two attached hydrogens (primary N) is 1. The molecule has 2 aromatic heterocycles. The van der Waals surface area contributed by atoms with Crippen molar-refractivity contribution in [1.82, 2.24) is 19.5 Å². The Morgan fingerprint density at radius 1 is 1.21 bits per heavy atom. The highest BCUT2D eigenvalue weighted by molar-refractivity contribution is 5.72. The van der Waals surface area contributed by atoms with Gasteiger partial charge in [-0.05, 0) is 5.56 Å². The predicted octanol–water partition coefficient (Wildman–Crippen LogP) is -1.61. The van der Waals surface area contributed by atoms with E-state index in [-0.39, 0.29) is 22.9 Å². The van der Waals surface area contributed by atoms with E-state index in [2.05, 4.69) is 15.0 Å². The highest BCUT2D eigenvalue weighted by Gasteiger charge is 2.45. The fourth-order valence-corrected chi connectivity index (χ4v) is 3.34. The Morgan fingerprint density at radius 2 is 1.93 bits per heavy atom. The van der Waals surface area contributed by atoms with Gasteiger partial charge in [-0.25, -0.2) is 4.98 Å². The molecule has 11 nitrogen and oxygen atoms in total. The molecule has 4 rings (SSSR count). The van der Waals surface area contributed by atoms with Gasteiger partial charge in [0.05, 0.1) is 6.61 Å². The number of fused-ring (bicyclic) bond motifs is 1. The third-order valence-electron chi connectivity index (χ3n) is 4.73. The first-order valence-corrected chi connectivity index (χ1v) is 8.55. The van der Waals surface area contributed by atoms with Gasteiger partial charge in [0.1, 0.15) is 30.2 Å². The molecule has 1 fully saturated rings. The Balaban J connectivity index is 1.94. The molecular weight excluding hydrogens is 370 g/mol. The quantitative estimate of drug-likeness (QED) is 0.306. The summed E-state index contributed by atoms with van der Waals surface area (Å²) in [6, 6.07) is 8.55. The number of hydrogen-bond donors (Lipinski definition) is 6. The van der Waals surface area contributed by atoms with Crippen LogP contribution in [0.3, 0.4) is 0 Å². The Bertz CT molecular complexity index is 1050. The highest BCUT2D eigenvalue weighted by atomic mass is 16.6. The van der Waals surface area contributed by atoms with Crippen LogP contribution in [0.15, 0.2) is 35.1 Å². The van der Waals surface area contributed by atoms with Gasteiger partial charge in [-0.3, -0.25) is 14.3 Å². The van der Waals surface area contributed by atoms with Gasteiger partial charge in [0, 0.05) is 0 Å². The van der Waals surface area contributed by atoms with Crippen LogP contribution in [0.5, 0.6) is 0 Å². The van der Waals surface area contributed by atoms with Crippen molar-refractivity contribution in [2.75, 3.05) is 12.3 Å². The van der Waals surface area contributed by atoms with E-state index in [1.807, 2.05) is 0 Å². The number of nitrogens with one attached hydrogen (secondary N) is 1. The molecule has 1 aliphatic heterocycles. The maximum absolute atomic E-state index is 12.3. The average Bonchev–Trinajstić information content (AvgIpc) is 3.20. The molecular formula is C17H19N5O6. The van der Waals surface area contributed by atoms with Crippen LogP contribution in [0.2, 0.25) is 0 Å². The van der Waals surface area contributed by atoms with E-state index in [0.717, 1.165) is 0 Å². The van der Waals surface area contributed by atoms with Gasteiger partial charge in [-0.15, -0.1) is 0 Å². The van der Waals surface area contributed by atoms with Gasteiger partial charge >= 0.3 is 0 Å². The van der Waals surface area contributed by atoms with Gasteiger partial charge in [0.25, 0.3) is 5.56 Å². The van der Waals surface area contributed by atoms with Crippen molar-refractivity contribution >= 4 is 17.1 Å². The number of aliphatic hydroxyl groups excluding tert-OH is 4. The topological polar surface area (TPSA) is 180 Å². The Morgan fingerprint density at radius 3 is 2.57 bits per heavy atom. The number of aromatic amines is 1. The van der Waals surface area contributed by atoms with Crippen molar-refractivity contribution < 1.29 is 25.2 Å². The van der Waals surface area contributed by atoms with Gasteiger partial charge in [-0.2, -0.15) is 4.98 Å². The van der Waals surface area contributed by atoms with Crippen LogP contribution in [0.4, 0.5) is 5.95 Å². The van der Waals surface area contributed by atoms with Crippen molar-refractivity contribution in [2.24, 2.45) is 0 Å². The Labute approximate surface area is 157 Å². The second kappa shape index (κ2) is 6.96. The molecule has 0 radical (unpaired) electrons. The Kier molecular flexibility index (Phi) is 4.61. The van der Waals surface area contributed by atoms with E-state index < -0.39 is 42.8 Å². The maximum atomic E-state index is 12.3. The molecule has 5 atom stereocenters. The van der Waals surface area contributed by atoms with E-state index in [9.17, 15) is 25.2 Å². The summed E-state index contributed by atoms with van der Waals surface area (Å²) < 4.78 is 6.79. The van der Waals surface area contributed by atoms with Crippen molar-refractivity contribution in [3.8, 4) is 0 Å². The van der Waals surface area contributed by atoms with Gasteiger partial charge < -0.3 is 30.9 Å². The van der Waals surface area contributed by atoms with Crippen molar-refractivity contribution in [2.45, 2.75) is 30.6 Å². The lowest BCUT2D eigenvalue weighted by atomic mass is 10.1. The van der Waals surface area contributed by atoms with Crippen molar-refractivity contribution in [3.63, 3.8) is 0 Å². The smallest absolute Gasteiger partial charge is 0.280 e. The van der Waals surface area contributed by atoms with Gasteiger partial charge in [0.15, 0.2) is 17.4 Å². The van der Waals surface area contributed by atoms with Crippen LogP contribution in [-0.2, 0) is 4.74 Å². The standard InChI is InChI=1S/C17H19N5O6/c18-17-20-13-9(15(27)21-17)19-14(10(24)7-4-2-1-3-5-7)22(13)16-12(26)11(25)8(6-23)28-16/h1-5,8,10-12,16,23-26H,6H2,(H3,18,20,21,27)/t8-,10?,11-,12-,16-/m1/s1. The number of nitrogens with zero attached hydrogens (tertiary/aromatic N) is 3. The third-order valence-corrected chi connectivity index (χ3v) is 4.73. The zero-order chi connectivity index (χ0) is 20.0. The fraction of sp³-hybridized carbons (Fsp3) is 0.353. The lowest BCUT2D eigenvalue weighted by molar-refractivity contribution is -0.0540. The molecule has 0 saturated carbocycles. The van der Waals surface area contributed by atoms with Gasteiger partial charge in [-0.1, -0.05) is 30.3 Å². The Hall–Kier alpha value is -2.83. The number of anilines is 1. The first-order chi connectivity index (χ1) is 13.4. The summed E-state index contributed by atoms with van der Waals surface area (Å²) in [6.45, 7) is -0.534. The third kappa shape index (κ3) is 2.85. The van der Waals surface area contributed by atoms with Crippen LogP contribution in [0.25, 0.3) is 11.2 Å². The number of aromatic nitrogens is 4. The monoisotopic (exact) mass is 389 g/mol. The zero-order valence-corrected chi connectivity index (χ0v) is 14.5. The molecule has 3 aromatic rings. The normalized spacial score (nSPS) is 26.0. The zero-order valence-electron chi connectivity index (χ0n) is 14.5. The lowest BCUT2D eigenvalue weighted by Crippen LogP contribution is -2.33. The highest BCUT2D eigenvalue weighted by Crippen LogP contribution is 2.35. The summed E-state index contributed by atoms with van der Waals surface area (Å²) in [6.07, 6.45) is -6.43. The molecule has 11 heteroatoms. The minimum Gasteiger partial charge on any atom is -0.394 e. The summed E-state index contributed by atoms with van der Waals surface area (Å²) in [5, 5.41) is 40.8. The van der Waals surface area contributed by atoms with E-state index in [1.165, 1.54) is 4.57 Å². The molecule has 0 aliphatic carbocycles. The molecule has 3 heterocycles. The first kappa shape index (κ1) is 18.5. The van der Waals surface area contributed by atoms with Gasteiger partial charge in [0.2, 0.25) is 5.95 Å². The summed E-state index contributed by atoms with van der Waals surface area (Å²) >= 11 is 0. The molecule has 28 heavy (non-hydrogen) atoms. The summed E-state index contributed by atoms with van der Waals surface area (Å²) in [5.74, 6) is -0.217. The summed E-state index contributed by atoms with van der Waals surface area (Å²) in [7, 11) is 0. The van der Waals surface area contributed by atoms with Crippen LogP contribution in [-0.4, -0.2) is 64.9 Å². The predicted molar refractivity (Wildman–Crippen MR) is 96.1 cm³/mol. The number of aliphatic hydroxyl groups is 4. The van der Waals surface area contributed by atoms with Crippen molar-refractivity contribution in [1.29, 1.82) is 0 Å². The minimum atomic E-state index is -1.46. The molecule has 0 spiro atoms. The van der Waals surface area contributed by atoms with E-state index in [1.54, 1.807) is 30.3 Å². The van der Waals surface area contributed by atoms with Crippen LogP contribution >= 0.6 is 0 Å². The van der Waals surface area contributed by atoms with Crippen LogP contribution in [0, 0.1) is 0 Å². The lowest BCUT2D eigenvalue weighted by Gasteiger charge is -2.21. The van der Waals surface area contributed by atoms with E-state index >= 15 is 0 Å². The SMILES string of the molecule is Nc1nc2c(nc(C(O)c3ccccc3)n2[C@@H]2O[C@H](CO)[C@@H](O)[C@H]2O)c(=O)[nH]1. The molecule has 1 saturated heterocycles. The number of imidazole rings is 1. The molecule has 0 amide bonds. The number of H-pyrrole nitrogens is 1. The maximum Gasteiger partial charge on any atom is 0.280 e. The minimum absolute atomic E-state index is 0.0268. The second-order valence-corrected chi connectivity index (χ2v) is 6.51. The average molecular weight is 389 g/mol. The molecule has 1 unspecified atom stereocenters. The number of hydrogen-bond acceptors (Lipinski definition) is 9. The molecule has 1 aliphatic rings.